The van der Waals surface area contributed by atoms with Gasteiger partial charge in [0.15, 0.2) is 11.5 Å². The maximum absolute atomic E-state index is 10.8. The molecule has 0 aromatic heterocycles. The van der Waals surface area contributed by atoms with E-state index in [0.717, 1.165) is 17.1 Å². The summed E-state index contributed by atoms with van der Waals surface area (Å²) in [5, 5.41) is 3.24. The fraction of sp³-hybridized carbons (Fsp3) is 0.500. The second kappa shape index (κ2) is 7.63. The van der Waals surface area contributed by atoms with Gasteiger partial charge in [0.05, 0.1) is 13.7 Å². The highest BCUT2D eigenvalue weighted by Gasteiger charge is 2.08. The molecule has 0 aliphatic heterocycles. The predicted molar refractivity (Wildman–Crippen MR) is 74.3 cm³/mol. The summed E-state index contributed by atoms with van der Waals surface area (Å²) in [6, 6.07) is 5.83. The van der Waals surface area contributed by atoms with Crippen molar-refractivity contribution in [2.75, 3.05) is 13.7 Å². The molecule has 0 aliphatic carbocycles. The number of hydrogen-bond acceptors (Lipinski definition) is 4. The van der Waals surface area contributed by atoms with Crippen molar-refractivity contribution in [2.24, 2.45) is 5.73 Å². The van der Waals surface area contributed by atoms with E-state index < -0.39 is 0 Å². The van der Waals surface area contributed by atoms with Crippen LogP contribution in [0.1, 0.15) is 25.8 Å². The van der Waals surface area contributed by atoms with E-state index >= 15 is 0 Å². The Morgan fingerprint density at radius 3 is 2.74 bits per heavy atom. The van der Waals surface area contributed by atoms with Crippen molar-refractivity contribution in [1.82, 2.24) is 5.32 Å². The molecule has 5 nitrogen and oxygen atoms in total. The van der Waals surface area contributed by atoms with E-state index in [1.807, 2.05) is 32.0 Å². The minimum absolute atomic E-state index is 0.0511. The molecule has 1 rings (SSSR count). The highest BCUT2D eigenvalue weighted by atomic mass is 16.5. The van der Waals surface area contributed by atoms with E-state index in [1.54, 1.807) is 7.11 Å². The van der Waals surface area contributed by atoms with Gasteiger partial charge in [-0.25, -0.2) is 0 Å². The first kappa shape index (κ1) is 15.3. The maximum atomic E-state index is 10.8. The molecule has 1 amide bonds. The third-order valence-corrected chi connectivity index (χ3v) is 2.69. The van der Waals surface area contributed by atoms with Crippen molar-refractivity contribution in [3.8, 4) is 11.5 Å². The quantitative estimate of drug-likeness (QED) is 0.747. The molecule has 1 aromatic carbocycles. The van der Waals surface area contributed by atoms with Crippen LogP contribution >= 0.6 is 0 Å². The van der Waals surface area contributed by atoms with Gasteiger partial charge < -0.3 is 20.5 Å². The van der Waals surface area contributed by atoms with Gasteiger partial charge in [0.1, 0.15) is 0 Å². The molecule has 1 aromatic rings. The molecule has 0 fully saturated rings. The molecular weight excluding hydrogens is 244 g/mol. The van der Waals surface area contributed by atoms with Gasteiger partial charge >= 0.3 is 0 Å². The molecule has 0 heterocycles. The summed E-state index contributed by atoms with van der Waals surface area (Å²) in [5.41, 5.74) is 6.22. The average Bonchev–Trinajstić information content (AvgIpc) is 2.36. The molecule has 0 aliphatic rings. The van der Waals surface area contributed by atoms with Crippen molar-refractivity contribution in [1.29, 1.82) is 0 Å². The second-order valence-electron chi connectivity index (χ2n) is 4.37. The number of benzene rings is 1. The van der Waals surface area contributed by atoms with Crippen LogP contribution in [-0.2, 0) is 11.3 Å². The summed E-state index contributed by atoms with van der Waals surface area (Å²) >= 11 is 0. The number of primary amides is 1. The fourth-order valence-corrected chi connectivity index (χ4v) is 1.77. The molecular formula is C14H22N2O3. The van der Waals surface area contributed by atoms with Gasteiger partial charge in [0.25, 0.3) is 0 Å². The number of ether oxygens (including phenoxy) is 2. The molecule has 1 atom stereocenters. The third kappa shape index (κ3) is 5.18. The third-order valence-electron chi connectivity index (χ3n) is 2.69. The Morgan fingerprint density at radius 1 is 1.42 bits per heavy atom. The van der Waals surface area contributed by atoms with Gasteiger partial charge in [-0.05, 0) is 31.5 Å². The lowest BCUT2D eigenvalue weighted by Crippen LogP contribution is -2.30. The van der Waals surface area contributed by atoms with E-state index in [2.05, 4.69) is 5.32 Å². The molecule has 3 N–H and O–H groups in total. The number of nitrogens with one attached hydrogen (secondary N) is 1. The summed E-state index contributed by atoms with van der Waals surface area (Å²) in [5.74, 6) is 1.15. The van der Waals surface area contributed by atoms with Gasteiger partial charge in [0, 0.05) is 19.0 Å². The van der Waals surface area contributed by atoms with Crippen LogP contribution in [0.4, 0.5) is 0 Å². The number of methoxy groups -OCH3 is 1. The van der Waals surface area contributed by atoms with E-state index in [0.29, 0.717) is 19.6 Å². The molecule has 19 heavy (non-hydrogen) atoms. The first-order valence-corrected chi connectivity index (χ1v) is 6.38. The van der Waals surface area contributed by atoms with Crippen molar-refractivity contribution in [3.05, 3.63) is 23.8 Å². The van der Waals surface area contributed by atoms with Crippen molar-refractivity contribution in [2.45, 2.75) is 32.9 Å². The molecule has 5 heteroatoms. The van der Waals surface area contributed by atoms with Gasteiger partial charge in [-0.2, -0.15) is 0 Å². The number of carbonyl (C=O) groups is 1. The van der Waals surface area contributed by atoms with Crippen LogP contribution in [0.3, 0.4) is 0 Å². The summed E-state index contributed by atoms with van der Waals surface area (Å²) < 4.78 is 10.7. The summed E-state index contributed by atoms with van der Waals surface area (Å²) in [6.45, 7) is 5.10. The molecule has 0 radical (unpaired) electrons. The van der Waals surface area contributed by atoms with Crippen LogP contribution in [0.15, 0.2) is 18.2 Å². The lowest BCUT2D eigenvalue weighted by molar-refractivity contribution is -0.118. The average molecular weight is 266 g/mol. The Labute approximate surface area is 114 Å². The first-order chi connectivity index (χ1) is 9.06. The number of carbonyl (C=O) groups excluding carboxylic acids is 1. The molecule has 0 saturated carbocycles. The number of rotatable bonds is 8. The Morgan fingerprint density at radius 2 is 2.16 bits per heavy atom. The Balaban J connectivity index is 2.63. The summed E-state index contributed by atoms with van der Waals surface area (Å²) in [6.07, 6.45) is 0.328. The minimum atomic E-state index is -0.301. The highest BCUT2D eigenvalue weighted by Crippen LogP contribution is 2.27. The predicted octanol–water partition coefficient (Wildman–Crippen LogP) is 1.45. The summed E-state index contributed by atoms with van der Waals surface area (Å²) in [4.78, 5) is 10.8. The number of amides is 1. The largest absolute Gasteiger partial charge is 0.493 e. The highest BCUT2D eigenvalue weighted by molar-refractivity contribution is 5.74. The van der Waals surface area contributed by atoms with Crippen LogP contribution in [0.5, 0.6) is 11.5 Å². The number of nitrogens with two attached hydrogens (primary N) is 1. The summed E-state index contributed by atoms with van der Waals surface area (Å²) in [7, 11) is 1.62. The number of hydrogen-bond donors (Lipinski definition) is 2. The van der Waals surface area contributed by atoms with E-state index in [1.165, 1.54) is 0 Å². The monoisotopic (exact) mass is 266 g/mol. The normalized spacial score (nSPS) is 11.9. The van der Waals surface area contributed by atoms with Crippen LogP contribution < -0.4 is 20.5 Å². The first-order valence-electron chi connectivity index (χ1n) is 6.38. The molecule has 106 valence electrons. The lowest BCUT2D eigenvalue weighted by Gasteiger charge is -2.14. The van der Waals surface area contributed by atoms with E-state index in [4.69, 9.17) is 15.2 Å². The zero-order valence-electron chi connectivity index (χ0n) is 11.7. The van der Waals surface area contributed by atoms with Crippen LogP contribution in [0, 0.1) is 0 Å². The SMILES string of the molecule is CCOc1cc(CN[C@H](C)CC(N)=O)ccc1OC. The second-order valence-corrected chi connectivity index (χ2v) is 4.37. The molecule has 0 spiro atoms. The molecule has 0 unspecified atom stereocenters. The Hall–Kier alpha value is -1.75. The zero-order chi connectivity index (χ0) is 14.3. The maximum Gasteiger partial charge on any atom is 0.218 e. The van der Waals surface area contributed by atoms with Crippen molar-refractivity contribution in [3.63, 3.8) is 0 Å². The smallest absolute Gasteiger partial charge is 0.218 e. The van der Waals surface area contributed by atoms with Crippen LogP contribution in [-0.4, -0.2) is 25.7 Å². The van der Waals surface area contributed by atoms with Crippen LogP contribution in [0.25, 0.3) is 0 Å². The topological polar surface area (TPSA) is 73.6 Å². The minimum Gasteiger partial charge on any atom is -0.493 e. The standard InChI is InChI=1S/C14H22N2O3/c1-4-19-13-8-11(5-6-12(13)18-3)9-16-10(2)7-14(15)17/h5-6,8,10,16H,4,7,9H2,1-3H3,(H2,15,17)/t10-/m1/s1. The van der Waals surface area contributed by atoms with Gasteiger partial charge in [-0.1, -0.05) is 6.07 Å². The van der Waals surface area contributed by atoms with E-state index in [-0.39, 0.29) is 11.9 Å². The van der Waals surface area contributed by atoms with Crippen molar-refractivity contribution >= 4 is 5.91 Å². The fourth-order valence-electron chi connectivity index (χ4n) is 1.77. The zero-order valence-corrected chi connectivity index (χ0v) is 11.7. The van der Waals surface area contributed by atoms with Gasteiger partial charge in [-0.15, -0.1) is 0 Å². The van der Waals surface area contributed by atoms with Gasteiger partial charge in [0.2, 0.25) is 5.91 Å². The lowest BCUT2D eigenvalue weighted by atomic mass is 10.1. The van der Waals surface area contributed by atoms with Gasteiger partial charge in [-0.3, -0.25) is 4.79 Å². The molecule has 0 saturated heterocycles. The Bertz CT molecular complexity index is 421. The van der Waals surface area contributed by atoms with E-state index in [9.17, 15) is 4.79 Å². The molecule has 0 bridgehead atoms. The Kier molecular flexibility index (Phi) is 6.15. The van der Waals surface area contributed by atoms with Crippen LogP contribution in [0.2, 0.25) is 0 Å². The van der Waals surface area contributed by atoms with Crippen molar-refractivity contribution < 1.29 is 14.3 Å².